The van der Waals surface area contributed by atoms with Crippen LogP contribution in [0.4, 0.5) is 0 Å². The summed E-state index contributed by atoms with van der Waals surface area (Å²) in [5, 5.41) is 14.2. The fraction of sp³-hybridized carbons (Fsp3) is 0.391. The van der Waals surface area contributed by atoms with Gasteiger partial charge in [0.15, 0.2) is 0 Å². The predicted molar refractivity (Wildman–Crippen MR) is 117 cm³/mol. The first-order valence-corrected chi connectivity index (χ1v) is 9.46. The van der Waals surface area contributed by atoms with Gasteiger partial charge in [-0.15, -0.1) is 5.92 Å². The van der Waals surface area contributed by atoms with Crippen LogP contribution in [0.3, 0.4) is 0 Å². The molecule has 0 aromatic heterocycles. The fourth-order valence-electron chi connectivity index (χ4n) is 2.97. The van der Waals surface area contributed by atoms with Crippen molar-refractivity contribution >= 4 is 11.7 Å². The molecule has 5 N–H and O–H groups in total. The van der Waals surface area contributed by atoms with E-state index in [0.717, 1.165) is 12.0 Å². The van der Waals surface area contributed by atoms with Gasteiger partial charge in [0, 0.05) is 23.9 Å². The average Bonchev–Trinajstić information content (AvgIpc) is 2.65. The first-order chi connectivity index (χ1) is 13.2. The molecule has 0 heterocycles. The molecule has 150 valence electrons. The van der Waals surface area contributed by atoms with Crippen molar-refractivity contribution in [2.75, 3.05) is 7.05 Å². The van der Waals surface area contributed by atoms with Crippen molar-refractivity contribution in [3.63, 3.8) is 0 Å². The molecule has 1 aromatic rings. The van der Waals surface area contributed by atoms with E-state index in [1.807, 2.05) is 51.1 Å². The molecule has 0 spiro atoms. The topological polar surface area (TPSA) is 91.0 Å². The molecule has 0 fully saturated rings. The fourth-order valence-corrected chi connectivity index (χ4v) is 2.97. The van der Waals surface area contributed by atoms with E-state index in [1.54, 1.807) is 20.9 Å². The van der Waals surface area contributed by atoms with Gasteiger partial charge in [0.05, 0.1) is 11.1 Å². The summed E-state index contributed by atoms with van der Waals surface area (Å²) in [4.78, 5) is 13.4. The van der Waals surface area contributed by atoms with Gasteiger partial charge in [-0.2, -0.15) is 0 Å². The van der Waals surface area contributed by atoms with E-state index in [-0.39, 0.29) is 11.7 Å². The van der Waals surface area contributed by atoms with Crippen molar-refractivity contribution in [3.8, 4) is 11.8 Å². The first kappa shape index (κ1) is 23.0. The van der Waals surface area contributed by atoms with E-state index in [1.165, 1.54) is 0 Å². The number of allylic oxidation sites excluding steroid dienone is 2. The van der Waals surface area contributed by atoms with E-state index in [0.29, 0.717) is 28.8 Å². The van der Waals surface area contributed by atoms with Gasteiger partial charge in [0.1, 0.15) is 5.84 Å². The second-order valence-corrected chi connectivity index (χ2v) is 7.09. The Morgan fingerprint density at radius 1 is 1.21 bits per heavy atom. The number of rotatable bonds is 8. The van der Waals surface area contributed by atoms with E-state index >= 15 is 0 Å². The summed E-state index contributed by atoms with van der Waals surface area (Å²) in [7, 11) is 1.74. The highest BCUT2D eigenvalue weighted by atomic mass is 16.1. The molecule has 0 saturated heterocycles. The minimum atomic E-state index is -0.601. The maximum atomic E-state index is 13.4. The number of carbonyl (C=O) groups excluding carboxylic acids is 1. The summed E-state index contributed by atoms with van der Waals surface area (Å²) in [5.41, 5.74) is 8.35. The molecule has 28 heavy (non-hydrogen) atoms. The van der Waals surface area contributed by atoms with Crippen LogP contribution in [-0.2, 0) is 10.3 Å². The maximum absolute atomic E-state index is 13.4. The van der Waals surface area contributed by atoms with Gasteiger partial charge in [-0.1, -0.05) is 49.6 Å². The third-order valence-electron chi connectivity index (χ3n) is 4.50. The standard InChI is InChI=1S/C23H32N4O/c1-7-12-17(13-8-2)20(19(21(24)25)16(3)26-6)22(28)27-23(4,5)18-14-10-9-11-15-18/h9-11,14-15,26H,7,12H2,1-6H3,(H3,24,25)(H,27,28)/b19-16-,20-17-. The zero-order valence-electron chi connectivity index (χ0n) is 17.8. The number of amidine groups is 1. The molecular formula is C23H32N4O. The van der Waals surface area contributed by atoms with E-state index < -0.39 is 5.54 Å². The molecule has 0 aliphatic carbocycles. The molecule has 0 radical (unpaired) electrons. The highest BCUT2D eigenvalue weighted by molar-refractivity contribution is 6.12. The summed E-state index contributed by atoms with van der Waals surface area (Å²) < 4.78 is 0. The van der Waals surface area contributed by atoms with Crippen molar-refractivity contribution in [1.82, 2.24) is 10.6 Å². The molecule has 5 nitrogen and oxygen atoms in total. The van der Waals surface area contributed by atoms with Crippen molar-refractivity contribution in [2.24, 2.45) is 5.73 Å². The first-order valence-electron chi connectivity index (χ1n) is 9.46. The molecular weight excluding hydrogens is 348 g/mol. The highest BCUT2D eigenvalue weighted by Gasteiger charge is 2.29. The Kier molecular flexibility index (Phi) is 8.53. The lowest BCUT2D eigenvalue weighted by Gasteiger charge is -2.28. The van der Waals surface area contributed by atoms with Crippen LogP contribution < -0.4 is 16.4 Å². The zero-order valence-corrected chi connectivity index (χ0v) is 17.8. The molecule has 0 aliphatic heterocycles. The second kappa shape index (κ2) is 10.4. The predicted octanol–water partition coefficient (Wildman–Crippen LogP) is 3.59. The average molecular weight is 381 g/mol. The van der Waals surface area contributed by atoms with Gasteiger partial charge in [-0.3, -0.25) is 10.2 Å². The molecule has 0 unspecified atom stereocenters. The third-order valence-corrected chi connectivity index (χ3v) is 4.50. The van der Waals surface area contributed by atoms with E-state index in [9.17, 15) is 4.79 Å². The monoisotopic (exact) mass is 380 g/mol. The van der Waals surface area contributed by atoms with Gasteiger partial charge >= 0.3 is 0 Å². The zero-order chi connectivity index (χ0) is 21.3. The van der Waals surface area contributed by atoms with Crippen LogP contribution in [0.5, 0.6) is 0 Å². The van der Waals surface area contributed by atoms with Crippen LogP contribution in [0.15, 0.2) is 52.7 Å². The number of nitrogens with two attached hydrogens (primary N) is 1. The van der Waals surface area contributed by atoms with Crippen molar-refractivity contribution < 1.29 is 4.79 Å². The lowest BCUT2D eigenvalue weighted by molar-refractivity contribution is -0.118. The Balaban J connectivity index is 3.59. The number of carbonyl (C=O) groups is 1. The van der Waals surface area contributed by atoms with Crippen LogP contribution in [0.1, 0.15) is 53.0 Å². The SMILES string of the molecule is CC#C/C(CCC)=C(C(=O)NC(C)(C)c1ccccc1)/C(C(=N)N)=C(\C)NC. The Morgan fingerprint density at radius 2 is 1.82 bits per heavy atom. The van der Waals surface area contributed by atoms with Crippen LogP contribution in [0, 0.1) is 17.3 Å². The second-order valence-electron chi connectivity index (χ2n) is 7.09. The maximum Gasteiger partial charge on any atom is 0.253 e. The Hall–Kier alpha value is -3.00. The summed E-state index contributed by atoms with van der Waals surface area (Å²) in [5.74, 6) is 5.49. The lowest BCUT2D eigenvalue weighted by atomic mass is 9.90. The molecule has 0 bridgehead atoms. The molecule has 1 amide bonds. The number of nitrogens with one attached hydrogen (secondary N) is 3. The largest absolute Gasteiger partial charge is 0.391 e. The van der Waals surface area contributed by atoms with Crippen LogP contribution in [0.2, 0.25) is 0 Å². The smallest absolute Gasteiger partial charge is 0.253 e. The molecule has 5 heteroatoms. The summed E-state index contributed by atoms with van der Waals surface area (Å²) in [6.07, 6.45) is 1.45. The summed E-state index contributed by atoms with van der Waals surface area (Å²) >= 11 is 0. The van der Waals surface area contributed by atoms with E-state index in [4.69, 9.17) is 11.1 Å². The Bertz CT molecular complexity index is 836. The lowest BCUT2D eigenvalue weighted by Crippen LogP contribution is -2.43. The van der Waals surface area contributed by atoms with Gasteiger partial charge in [0.25, 0.3) is 5.91 Å². The van der Waals surface area contributed by atoms with Crippen LogP contribution >= 0.6 is 0 Å². The van der Waals surface area contributed by atoms with Crippen molar-refractivity contribution in [3.05, 3.63) is 58.3 Å². The van der Waals surface area contributed by atoms with Gasteiger partial charge < -0.3 is 16.4 Å². The van der Waals surface area contributed by atoms with Gasteiger partial charge in [-0.25, -0.2) is 0 Å². The molecule has 1 rings (SSSR count). The minimum Gasteiger partial charge on any atom is -0.391 e. The van der Waals surface area contributed by atoms with Crippen LogP contribution in [-0.4, -0.2) is 18.8 Å². The quantitative estimate of drug-likeness (QED) is 0.183. The molecule has 0 saturated carbocycles. The van der Waals surface area contributed by atoms with Gasteiger partial charge in [-0.05, 0) is 39.7 Å². The Morgan fingerprint density at radius 3 is 2.29 bits per heavy atom. The summed E-state index contributed by atoms with van der Waals surface area (Å²) in [6, 6.07) is 9.77. The van der Waals surface area contributed by atoms with Crippen molar-refractivity contribution in [1.29, 1.82) is 5.41 Å². The van der Waals surface area contributed by atoms with Gasteiger partial charge in [0.2, 0.25) is 0 Å². The highest BCUT2D eigenvalue weighted by Crippen LogP contribution is 2.25. The molecule has 1 aromatic carbocycles. The number of hydrogen-bond acceptors (Lipinski definition) is 3. The van der Waals surface area contributed by atoms with Crippen molar-refractivity contribution in [2.45, 2.75) is 53.0 Å². The van der Waals surface area contributed by atoms with E-state index in [2.05, 4.69) is 22.5 Å². The molecule has 0 atom stereocenters. The third kappa shape index (κ3) is 5.75. The Labute approximate surface area is 169 Å². The number of benzene rings is 1. The molecule has 0 aliphatic rings. The number of amides is 1. The normalized spacial score (nSPS) is 12.8. The number of hydrogen-bond donors (Lipinski definition) is 4. The minimum absolute atomic E-state index is 0.166. The van der Waals surface area contributed by atoms with Crippen LogP contribution in [0.25, 0.3) is 0 Å². The summed E-state index contributed by atoms with van der Waals surface area (Å²) in [6.45, 7) is 9.47.